The Kier molecular flexibility index (Phi) is 4.18. The maximum Gasteiger partial charge on any atom is 0.367 e. The highest BCUT2D eigenvalue weighted by atomic mass is 19.3. The van der Waals surface area contributed by atoms with Crippen molar-refractivity contribution in [1.82, 2.24) is 4.98 Å². The van der Waals surface area contributed by atoms with Gasteiger partial charge in [-0.3, -0.25) is 0 Å². The molecule has 0 aliphatic rings. The van der Waals surface area contributed by atoms with Crippen LogP contribution in [0.2, 0.25) is 0 Å². The molecule has 0 atom stereocenters. The molecule has 18 heavy (non-hydrogen) atoms. The first-order valence-corrected chi connectivity index (χ1v) is 4.68. The molecule has 0 fully saturated rings. The molecule has 0 saturated heterocycles. The number of nitro groups is 1. The molecular weight excluding hydrogens is 257 g/mol. The summed E-state index contributed by atoms with van der Waals surface area (Å²) in [4.78, 5) is 23.4. The van der Waals surface area contributed by atoms with Gasteiger partial charge in [-0.05, 0) is 16.8 Å². The minimum atomic E-state index is -3.34. The Morgan fingerprint density at radius 1 is 1.61 bits per heavy atom. The van der Waals surface area contributed by atoms with Crippen molar-refractivity contribution in [3.8, 4) is 0 Å². The van der Waals surface area contributed by atoms with Gasteiger partial charge in [-0.25, -0.2) is 13.6 Å². The van der Waals surface area contributed by atoms with Crippen molar-refractivity contribution in [3.05, 3.63) is 33.3 Å². The van der Waals surface area contributed by atoms with Gasteiger partial charge in [0.2, 0.25) is 0 Å². The van der Waals surface area contributed by atoms with Crippen LogP contribution in [0.4, 0.5) is 19.0 Å². The summed E-state index contributed by atoms with van der Waals surface area (Å²) < 4.78 is 42.8. The lowest BCUT2D eigenvalue weighted by atomic mass is 10.1. The van der Waals surface area contributed by atoms with Crippen LogP contribution in [-0.2, 0) is 4.74 Å². The topological polar surface area (TPSA) is 82.3 Å². The van der Waals surface area contributed by atoms with Gasteiger partial charge in [0, 0.05) is 0 Å². The van der Waals surface area contributed by atoms with Gasteiger partial charge in [-0.1, -0.05) is 0 Å². The number of hydrogen-bond acceptors (Lipinski definition) is 5. The summed E-state index contributed by atoms with van der Waals surface area (Å²) in [6.07, 6.45) is -3.34. The van der Waals surface area contributed by atoms with Crippen molar-refractivity contribution < 1.29 is 27.6 Å². The van der Waals surface area contributed by atoms with Gasteiger partial charge < -0.3 is 14.9 Å². The van der Waals surface area contributed by atoms with Crippen molar-refractivity contribution in [2.45, 2.75) is 13.3 Å². The molecule has 0 amide bonds. The number of hydrogen-bond donors (Lipinski definition) is 0. The van der Waals surface area contributed by atoms with Gasteiger partial charge in [-0.2, -0.15) is 4.39 Å². The Labute approximate surface area is 98.5 Å². The second-order valence-electron chi connectivity index (χ2n) is 3.01. The summed E-state index contributed by atoms with van der Waals surface area (Å²) in [6, 6.07) is 0.461. The van der Waals surface area contributed by atoms with Crippen LogP contribution < -0.4 is 0 Å². The van der Waals surface area contributed by atoms with E-state index in [1.807, 2.05) is 0 Å². The number of halogens is 3. The van der Waals surface area contributed by atoms with Gasteiger partial charge in [-0.15, -0.1) is 0 Å². The zero-order valence-electron chi connectivity index (χ0n) is 9.02. The first kappa shape index (κ1) is 13.9. The first-order valence-electron chi connectivity index (χ1n) is 4.68. The maximum atomic E-state index is 13.2. The maximum absolute atomic E-state index is 13.2. The third-order valence-electron chi connectivity index (χ3n) is 1.90. The average molecular weight is 264 g/mol. The van der Waals surface area contributed by atoms with E-state index >= 15 is 0 Å². The van der Waals surface area contributed by atoms with Gasteiger partial charge in [0.25, 0.3) is 6.43 Å². The highest BCUT2D eigenvalue weighted by Gasteiger charge is 2.30. The number of alkyl halides is 2. The van der Waals surface area contributed by atoms with Crippen LogP contribution in [0.15, 0.2) is 6.07 Å². The summed E-state index contributed by atoms with van der Waals surface area (Å²) in [6.45, 7) is 1.27. The van der Waals surface area contributed by atoms with E-state index in [9.17, 15) is 28.1 Å². The molecule has 0 aliphatic heterocycles. The molecule has 0 unspecified atom stereocenters. The Hall–Kier alpha value is -2.19. The number of ether oxygens (including phenoxy) is 1. The predicted octanol–water partition coefficient (Wildman–Crippen LogP) is 2.24. The van der Waals surface area contributed by atoms with Gasteiger partial charge >= 0.3 is 17.7 Å². The van der Waals surface area contributed by atoms with E-state index in [2.05, 4.69) is 9.72 Å². The summed E-state index contributed by atoms with van der Waals surface area (Å²) in [5.74, 6) is -4.07. The molecule has 9 heteroatoms. The van der Waals surface area contributed by atoms with E-state index in [0.717, 1.165) is 0 Å². The number of carbonyl (C=O) groups excluding carboxylic acids is 1. The number of nitrogens with zero attached hydrogens (tertiary/aromatic N) is 2. The average Bonchev–Trinajstić information content (AvgIpc) is 2.27. The second kappa shape index (κ2) is 5.43. The van der Waals surface area contributed by atoms with Crippen molar-refractivity contribution in [2.75, 3.05) is 6.61 Å². The Morgan fingerprint density at radius 2 is 2.22 bits per heavy atom. The number of esters is 1. The van der Waals surface area contributed by atoms with E-state index < -0.39 is 40.2 Å². The molecule has 1 aromatic rings. The smallest absolute Gasteiger partial charge is 0.367 e. The zero-order chi connectivity index (χ0) is 13.9. The van der Waals surface area contributed by atoms with Crippen molar-refractivity contribution in [3.63, 3.8) is 0 Å². The normalized spacial score (nSPS) is 10.5. The monoisotopic (exact) mass is 264 g/mol. The quantitative estimate of drug-likeness (QED) is 0.360. The Bertz CT molecular complexity index is 493. The largest absolute Gasteiger partial charge is 0.462 e. The molecule has 0 bridgehead atoms. The fraction of sp³-hybridized carbons (Fsp3) is 0.333. The van der Waals surface area contributed by atoms with E-state index in [0.29, 0.717) is 6.07 Å². The standard InChI is InChI=1S/C9H7F3N2O4/c1-2-18-9(15)4-3-5(14(16)17)13-8(12)6(4)7(10)11/h3,7H,2H2,1H3. The summed E-state index contributed by atoms with van der Waals surface area (Å²) in [5, 5.41) is 10.4. The van der Waals surface area contributed by atoms with Crippen LogP contribution in [0.5, 0.6) is 0 Å². The molecule has 0 radical (unpaired) electrons. The van der Waals surface area contributed by atoms with E-state index in [-0.39, 0.29) is 6.61 Å². The molecule has 0 spiro atoms. The van der Waals surface area contributed by atoms with Gasteiger partial charge in [0.1, 0.15) is 5.56 Å². The van der Waals surface area contributed by atoms with Crippen molar-refractivity contribution in [2.24, 2.45) is 0 Å². The molecule has 1 heterocycles. The molecule has 6 nitrogen and oxygen atoms in total. The van der Waals surface area contributed by atoms with Crippen molar-refractivity contribution in [1.29, 1.82) is 0 Å². The third-order valence-corrected chi connectivity index (χ3v) is 1.90. The number of carbonyl (C=O) groups is 1. The molecule has 98 valence electrons. The van der Waals surface area contributed by atoms with E-state index in [4.69, 9.17) is 0 Å². The molecule has 1 rings (SSSR count). The van der Waals surface area contributed by atoms with E-state index in [1.165, 1.54) is 6.92 Å². The number of pyridine rings is 1. The zero-order valence-corrected chi connectivity index (χ0v) is 9.02. The highest BCUT2D eigenvalue weighted by molar-refractivity contribution is 5.91. The minimum absolute atomic E-state index is 0.140. The summed E-state index contributed by atoms with van der Waals surface area (Å²) in [5.41, 5.74) is -2.20. The first-order chi connectivity index (χ1) is 8.38. The molecule has 0 aromatic carbocycles. The fourth-order valence-corrected chi connectivity index (χ4v) is 1.19. The number of aromatic nitrogens is 1. The molecule has 0 aliphatic carbocycles. The highest BCUT2D eigenvalue weighted by Crippen LogP contribution is 2.28. The predicted molar refractivity (Wildman–Crippen MR) is 51.8 cm³/mol. The van der Waals surface area contributed by atoms with Crippen molar-refractivity contribution >= 4 is 11.8 Å². The molecule has 0 N–H and O–H groups in total. The number of rotatable bonds is 4. The summed E-state index contributed by atoms with van der Waals surface area (Å²) in [7, 11) is 0. The van der Waals surface area contributed by atoms with Gasteiger partial charge in [0.05, 0.1) is 18.2 Å². The molecule has 1 aromatic heterocycles. The van der Waals surface area contributed by atoms with Crippen LogP contribution in [0, 0.1) is 16.1 Å². The lowest BCUT2D eigenvalue weighted by molar-refractivity contribution is -0.390. The third kappa shape index (κ3) is 2.73. The second-order valence-corrected chi connectivity index (χ2v) is 3.01. The Balaban J connectivity index is 3.42. The SMILES string of the molecule is CCOC(=O)c1cc([N+](=O)[O-])nc(F)c1C(F)F. The fourth-order valence-electron chi connectivity index (χ4n) is 1.19. The molecular formula is C9H7F3N2O4. The Morgan fingerprint density at radius 3 is 2.67 bits per heavy atom. The van der Waals surface area contributed by atoms with Crippen LogP contribution in [0.1, 0.15) is 29.3 Å². The van der Waals surface area contributed by atoms with Gasteiger partial charge in [0.15, 0.2) is 0 Å². The lowest BCUT2D eigenvalue weighted by Gasteiger charge is -2.06. The van der Waals surface area contributed by atoms with Crippen LogP contribution >= 0.6 is 0 Å². The summed E-state index contributed by atoms with van der Waals surface area (Å²) >= 11 is 0. The van der Waals surface area contributed by atoms with Crippen LogP contribution in [0.3, 0.4) is 0 Å². The molecule has 0 saturated carbocycles. The van der Waals surface area contributed by atoms with E-state index in [1.54, 1.807) is 0 Å². The minimum Gasteiger partial charge on any atom is -0.462 e. The van der Waals surface area contributed by atoms with Crippen LogP contribution in [0.25, 0.3) is 0 Å². The lowest BCUT2D eigenvalue weighted by Crippen LogP contribution is -2.12. The van der Waals surface area contributed by atoms with Crippen LogP contribution in [-0.4, -0.2) is 22.5 Å².